The van der Waals surface area contributed by atoms with Crippen LogP contribution in [0.4, 0.5) is 0 Å². The molecule has 1 fully saturated rings. The zero-order valence-electron chi connectivity index (χ0n) is 10.9. The highest BCUT2D eigenvalue weighted by molar-refractivity contribution is 5.04. The minimum absolute atomic E-state index is 0.238. The van der Waals surface area contributed by atoms with Crippen molar-refractivity contribution in [2.75, 3.05) is 6.54 Å². The predicted molar refractivity (Wildman–Crippen MR) is 68.1 cm³/mol. The summed E-state index contributed by atoms with van der Waals surface area (Å²) in [5.74, 6) is 0.862. The summed E-state index contributed by atoms with van der Waals surface area (Å²) in [6.45, 7) is 9.97. The summed E-state index contributed by atoms with van der Waals surface area (Å²) in [6.07, 6.45) is 9.63. The molecule has 0 atom stereocenters. The van der Waals surface area contributed by atoms with Crippen molar-refractivity contribution in [3.63, 3.8) is 0 Å². The Bertz CT molecular complexity index is 204. The monoisotopic (exact) mass is 209 g/mol. The molecule has 0 unspecified atom stereocenters. The molecule has 1 aliphatic rings. The number of nitrogens with one attached hydrogen (secondary N) is 1. The third-order valence-corrected chi connectivity index (χ3v) is 3.07. The molecule has 1 rings (SSSR count). The van der Waals surface area contributed by atoms with E-state index < -0.39 is 0 Å². The minimum Gasteiger partial charge on any atom is -0.308 e. The maximum Gasteiger partial charge on any atom is 0.0166 e. The zero-order valence-corrected chi connectivity index (χ0v) is 10.9. The first kappa shape index (κ1) is 12.8. The van der Waals surface area contributed by atoms with Crippen molar-refractivity contribution in [1.29, 1.82) is 0 Å². The van der Waals surface area contributed by atoms with E-state index in [1.807, 2.05) is 0 Å². The van der Waals surface area contributed by atoms with Crippen molar-refractivity contribution in [3.05, 3.63) is 11.6 Å². The molecule has 0 radical (unpaired) electrons. The molecular weight excluding hydrogens is 182 g/mol. The Hall–Kier alpha value is -0.300. The van der Waals surface area contributed by atoms with E-state index >= 15 is 0 Å². The van der Waals surface area contributed by atoms with Crippen LogP contribution in [0.1, 0.15) is 59.8 Å². The van der Waals surface area contributed by atoms with Gasteiger partial charge >= 0.3 is 0 Å². The average Bonchev–Trinajstić information content (AvgIpc) is 2.15. The number of hydrogen-bond acceptors (Lipinski definition) is 1. The molecule has 1 saturated carbocycles. The van der Waals surface area contributed by atoms with Gasteiger partial charge in [-0.15, -0.1) is 0 Å². The third-order valence-electron chi connectivity index (χ3n) is 3.07. The Morgan fingerprint density at radius 2 is 1.80 bits per heavy atom. The fourth-order valence-corrected chi connectivity index (χ4v) is 2.17. The molecule has 15 heavy (non-hydrogen) atoms. The standard InChI is InChI=1S/C14H27N/c1-12(11-15-14(2,3)4)10-13-8-6-5-7-9-13/h10,13,15H,5-9,11H2,1-4H3. The Morgan fingerprint density at radius 1 is 1.20 bits per heavy atom. The second kappa shape index (κ2) is 5.69. The number of allylic oxidation sites excluding steroid dienone is 1. The fourth-order valence-electron chi connectivity index (χ4n) is 2.17. The first-order valence-electron chi connectivity index (χ1n) is 6.40. The molecule has 1 heteroatoms. The van der Waals surface area contributed by atoms with E-state index in [4.69, 9.17) is 0 Å². The van der Waals surface area contributed by atoms with Crippen LogP contribution in [-0.2, 0) is 0 Å². The van der Waals surface area contributed by atoms with Gasteiger partial charge in [-0.1, -0.05) is 30.9 Å². The smallest absolute Gasteiger partial charge is 0.0166 e. The lowest BCUT2D eigenvalue weighted by Crippen LogP contribution is -2.36. The van der Waals surface area contributed by atoms with Crippen molar-refractivity contribution in [2.24, 2.45) is 5.92 Å². The lowest BCUT2D eigenvalue weighted by atomic mass is 9.88. The summed E-state index contributed by atoms with van der Waals surface area (Å²) in [6, 6.07) is 0. The molecule has 0 aromatic rings. The SMILES string of the molecule is CC(=CC1CCCCC1)CNC(C)(C)C. The van der Waals surface area contributed by atoms with E-state index in [1.165, 1.54) is 37.7 Å². The van der Waals surface area contributed by atoms with Gasteiger partial charge in [0.15, 0.2) is 0 Å². The van der Waals surface area contributed by atoms with Crippen LogP contribution < -0.4 is 5.32 Å². The summed E-state index contributed by atoms with van der Waals surface area (Å²) in [7, 11) is 0. The Morgan fingerprint density at radius 3 is 2.33 bits per heavy atom. The van der Waals surface area contributed by atoms with Crippen LogP contribution in [0, 0.1) is 5.92 Å². The molecule has 0 spiro atoms. The average molecular weight is 209 g/mol. The van der Waals surface area contributed by atoms with Crippen molar-refractivity contribution in [2.45, 2.75) is 65.3 Å². The summed E-state index contributed by atoms with van der Waals surface area (Å²) >= 11 is 0. The Labute approximate surface area is 95.3 Å². The van der Waals surface area contributed by atoms with E-state index in [0.29, 0.717) is 0 Å². The van der Waals surface area contributed by atoms with Gasteiger partial charge in [-0.3, -0.25) is 0 Å². The molecule has 0 aliphatic heterocycles. The van der Waals surface area contributed by atoms with Crippen LogP contribution in [0.2, 0.25) is 0 Å². The molecule has 0 aromatic carbocycles. The first-order chi connectivity index (χ1) is 6.97. The maximum atomic E-state index is 3.54. The Balaban J connectivity index is 2.31. The Kier molecular flexibility index (Phi) is 4.85. The second-order valence-electron chi connectivity index (χ2n) is 6.01. The largest absolute Gasteiger partial charge is 0.308 e. The normalized spacial score (nSPS) is 20.7. The van der Waals surface area contributed by atoms with Crippen molar-refractivity contribution in [1.82, 2.24) is 5.32 Å². The van der Waals surface area contributed by atoms with E-state index in [2.05, 4.69) is 39.1 Å². The van der Waals surface area contributed by atoms with E-state index in [9.17, 15) is 0 Å². The maximum absolute atomic E-state index is 3.54. The van der Waals surface area contributed by atoms with Gasteiger partial charge in [0.25, 0.3) is 0 Å². The van der Waals surface area contributed by atoms with Crippen LogP contribution in [-0.4, -0.2) is 12.1 Å². The lowest BCUT2D eigenvalue weighted by Gasteiger charge is -2.22. The molecule has 0 heterocycles. The lowest BCUT2D eigenvalue weighted by molar-refractivity contribution is 0.413. The van der Waals surface area contributed by atoms with Crippen LogP contribution in [0.15, 0.2) is 11.6 Å². The summed E-state index contributed by atoms with van der Waals surface area (Å²) in [5.41, 5.74) is 1.75. The first-order valence-corrected chi connectivity index (χ1v) is 6.40. The number of hydrogen-bond donors (Lipinski definition) is 1. The highest BCUT2D eigenvalue weighted by Crippen LogP contribution is 2.25. The van der Waals surface area contributed by atoms with Gasteiger partial charge in [0.1, 0.15) is 0 Å². The summed E-state index contributed by atoms with van der Waals surface area (Å²) < 4.78 is 0. The van der Waals surface area contributed by atoms with Gasteiger partial charge in [-0.2, -0.15) is 0 Å². The van der Waals surface area contributed by atoms with Crippen LogP contribution >= 0.6 is 0 Å². The van der Waals surface area contributed by atoms with Gasteiger partial charge in [-0.25, -0.2) is 0 Å². The number of rotatable bonds is 3. The molecule has 0 aromatic heterocycles. The molecule has 1 N–H and O–H groups in total. The molecule has 0 amide bonds. The third kappa shape index (κ3) is 5.99. The minimum atomic E-state index is 0.238. The van der Waals surface area contributed by atoms with Gasteiger partial charge in [-0.05, 0) is 46.5 Å². The summed E-state index contributed by atoms with van der Waals surface area (Å²) in [5, 5.41) is 3.54. The van der Waals surface area contributed by atoms with Gasteiger partial charge < -0.3 is 5.32 Å². The molecule has 1 nitrogen and oxygen atoms in total. The van der Waals surface area contributed by atoms with Crippen molar-refractivity contribution >= 4 is 0 Å². The quantitative estimate of drug-likeness (QED) is 0.695. The van der Waals surface area contributed by atoms with E-state index in [0.717, 1.165) is 12.5 Å². The van der Waals surface area contributed by atoms with E-state index in [1.54, 1.807) is 0 Å². The van der Waals surface area contributed by atoms with Crippen LogP contribution in [0.3, 0.4) is 0 Å². The topological polar surface area (TPSA) is 12.0 Å². The van der Waals surface area contributed by atoms with E-state index in [-0.39, 0.29) is 5.54 Å². The fraction of sp³-hybridized carbons (Fsp3) is 0.857. The van der Waals surface area contributed by atoms with Crippen molar-refractivity contribution < 1.29 is 0 Å². The zero-order chi connectivity index (χ0) is 11.3. The van der Waals surface area contributed by atoms with Crippen molar-refractivity contribution in [3.8, 4) is 0 Å². The highest BCUT2D eigenvalue weighted by atomic mass is 14.9. The highest BCUT2D eigenvalue weighted by Gasteiger charge is 2.12. The predicted octanol–water partition coefficient (Wildman–Crippen LogP) is 3.90. The van der Waals surface area contributed by atoms with Gasteiger partial charge in [0, 0.05) is 12.1 Å². The molecular formula is C14H27N. The molecule has 1 aliphatic carbocycles. The van der Waals surface area contributed by atoms with Crippen LogP contribution in [0.5, 0.6) is 0 Å². The summed E-state index contributed by atoms with van der Waals surface area (Å²) in [4.78, 5) is 0. The molecule has 0 saturated heterocycles. The van der Waals surface area contributed by atoms with Crippen LogP contribution in [0.25, 0.3) is 0 Å². The molecule has 0 bridgehead atoms. The second-order valence-corrected chi connectivity index (χ2v) is 6.01. The van der Waals surface area contributed by atoms with Gasteiger partial charge in [0.05, 0.1) is 0 Å². The van der Waals surface area contributed by atoms with Gasteiger partial charge in [0.2, 0.25) is 0 Å². The molecule has 88 valence electrons.